The summed E-state index contributed by atoms with van der Waals surface area (Å²) < 4.78 is 15.8. The van der Waals surface area contributed by atoms with E-state index >= 15 is 0 Å². The van der Waals surface area contributed by atoms with Gasteiger partial charge in [0.1, 0.15) is 17.2 Å². The molecule has 9 nitrogen and oxygen atoms in total. The van der Waals surface area contributed by atoms with Crippen LogP contribution in [0.15, 0.2) is 36.9 Å². The topological polar surface area (TPSA) is 128 Å². The molecule has 4 aromatic rings. The minimum atomic E-state index is -0.662. The number of hydrogen-bond donors (Lipinski definition) is 3. The molecule has 0 spiro atoms. The first-order valence-electron chi connectivity index (χ1n) is 9.71. The molecule has 0 saturated heterocycles. The Bertz CT molecular complexity index is 1270. The average molecular weight is 420 g/mol. The fourth-order valence-electron chi connectivity index (χ4n) is 3.08. The largest absolute Gasteiger partial charge is 0.394 e. The van der Waals surface area contributed by atoms with Crippen molar-refractivity contribution in [2.45, 2.75) is 25.8 Å². The van der Waals surface area contributed by atoms with Crippen LogP contribution in [0.3, 0.4) is 0 Å². The maximum atomic E-state index is 14.1. The van der Waals surface area contributed by atoms with Gasteiger partial charge in [-0.15, -0.1) is 0 Å². The van der Waals surface area contributed by atoms with E-state index in [2.05, 4.69) is 36.4 Å². The van der Waals surface area contributed by atoms with Crippen LogP contribution in [0.2, 0.25) is 0 Å². The second kappa shape index (κ2) is 8.12. The lowest BCUT2D eigenvalue weighted by Crippen LogP contribution is -2.30. The summed E-state index contributed by atoms with van der Waals surface area (Å²) in [6, 6.07) is 5.49. The summed E-state index contributed by atoms with van der Waals surface area (Å²) in [4.78, 5) is 15.8. The van der Waals surface area contributed by atoms with Crippen molar-refractivity contribution < 1.29 is 9.50 Å². The van der Waals surface area contributed by atoms with Crippen molar-refractivity contribution in [3.63, 3.8) is 0 Å². The van der Waals surface area contributed by atoms with Gasteiger partial charge in [0.15, 0.2) is 0 Å². The maximum Gasteiger partial charge on any atom is 0.223 e. The summed E-state index contributed by atoms with van der Waals surface area (Å²) in [5.74, 6) is -0.00911. The molecule has 0 atom stereocenters. The third kappa shape index (κ3) is 3.95. The molecular weight excluding hydrogens is 399 g/mol. The zero-order valence-electron chi connectivity index (χ0n) is 17.1. The third-order valence-electron chi connectivity index (χ3n) is 4.93. The van der Waals surface area contributed by atoms with Crippen molar-refractivity contribution in [3.05, 3.63) is 42.7 Å². The van der Waals surface area contributed by atoms with Crippen molar-refractivity contribution >= 4 is 17.0 Å². The zero-order valence-corrected chi connectivity index (χ0v) is 17.1. The van der Waals surface area contributed by atoms with Gasteiger partial charge in [-0.2, -0.15) is 10.4 Å². The Morgan fingerprint density at radius 3 is 2.97 bits per heavy atom. The van der Waals surface area contributed by atoms with E-state index < -0.39 is 11.4 Å². The minimum absolute atomic E-state index is 0.123. The van der Waals surface area contributed by atoms with Crippen LogP contribution >= 0.6 is 0 Å². The highest BCUT2D eigenvalue weighted by molar-refractivity contribution is 5.85. The molecule has 4 heterocycles. The van der Waals surface area contributed by atoms with Crippen LogP contribution in [0.5, 0.6) is 0 Å². The number of nitrogens with zero attached hydrogens (tertiary/aromatic N) is 6. The predicted octanol–water partition coefficient (Wildman–Crippen LogP) is 3.08. The summed E-state index contributed by atoms with van der Waals surface area (Å²) in [6.45, 7) is 4.02. The number of nitrogens with one attached hydrogen (secondary N) is 2. The van der Waals surface area contributed by atoms with Gasteiger partial charge in [-0.3, -0.25) is 4.68 Å². The van der Waals surface area contributed by atoms with Crippen LogP contribution in [0.4, 0.5) is 10.3 Å². The molecule has 0 unspecified atom stereocenters. The van der Waals surface area contributed by atoms with Crippen LogP contribution in [-0.2, 0) is 5.54 Å². The van der Waals surface area contributed by atoms with Gasteiger partial charge >= 0.3 is 0 Å². The Hall–Kier alpha value is -3.84. The lowest BCUT2D eigenvalue weighted by Gasteiger charge is -2.22. The SMILES string of the molecule is CC(C)(CO)n1cc(-c2ccnc(NCCC#N)n2)c(-c2cnc3[nH]cc(F)c3c2)n1. The predicted molar refractivity (Wildman–Crippen MR) is 113 cm³/mol. The molecule has 0 saturated carbocycles. The molecule has 0 radical (unpaired) electrons. The monoisotopic (exact) mass is 420 g/mol. The summed E-state index contributed by atoms with van der Waals surface area (Å²) in [7, 11) is 0. The number of anilines is 1. The number of fused-ring (bicyclic) bond motifs is 1. The second-order valence-corrected chi connectivity index (χ2v) is 7.66. The molecule has 158 valence electrons. The van der Waals surface area contributed by atoms with Crippen molar-refractivity contribution in [2.24, 2.45) is 0 Å². The molecule has 4 rings (SSSR count). The highest BCUT2D eigenvalue weighted by Gasteiger charge is 2.25. The van der Waals surface area contributed by atoms with Crippen LogP contribution in [0, 0.1) is 17.1 Å². The molecular formula is C21H21FN8O. The third-order valence-corrected chi connectivity index (χ3v) is 4.93. The Kier molecular flexibility index (Phi) is 5.35. The van der Waals surface area contributed by atoms with Gasteiger partial charge in [0.05, 0.1) is 35.7 Å². The minimum Gasteiger partial charge on any atom is -0.394 e. The first kappa shape index (κ1) is 20.4. The number of H-pyrrole nitrogens is 1. The summed E-state index contributed by atoms with van der Waals surface area (Å²) in [5, 5.41) is 26.6. The van der Waals surface area contributed by atoms with E-state index in [-0.39, 0.29) is 6.61 Å². The molecule has 10 heteroatoms. The van der Waals surface area contributed by atoms with E-state index in [9.17, 15) is 9.50 Å². The smallest absolute Gasteiger partial charge is 0.223 e. The first-order valence-corrected chi connectivity index (χ1v) is 9.71. The molecule has 0 aliphatic carbocycles. The van der Waals surface area contributed by atoms with E-state index in [0.29, 0.717) is 52.5 Å². The Morgan fingerprint density at radius 2 is 2.19 bits per heavy atom. The number of hydrogen-bond acceptors (Lipinski definition) is 7. The van der Waals surface area contributed by atoms with Gasteiger partial charge < -0.3 is 15.4 Å². The van der Waals surface area contributed by atoms with Crippen molar-refractivity contribution in [2.75, 3.05) is 18.5 Å². The maximum absolute atomic E-state index is 14.1. The van der Waals surface area contributed by atoms with Gasteiger partial charge in [-0.25, -0.2) is 19.3 Å². The van der Waals surface area contributed by atoms with Crippen molar-refractivity contribution in [1.82, 2.24) is 29.7 Å². The summed E-state index contributed by atoms with van der Waals surface area (Å²) in [6.07, 6.45) is 6.62. The van der Waals surface area contributed by atoms with Crippen LogP contribution in [0.1, 0.15) is 20.3 Å². The molecule has 0 fully saturated rings. The van der Waals surface area contributed by atoms with Crippen molar-refractivity contribution in [1.29, 1.82) is 5.26 Å². The Morgan fingerprint density at radius 1 is 1.35 bits per heavy atom. The highest BCUT2D eigenvalue weighted by atomic mass is 19.1. The van der Waals surface area contributed by atoms with Gasteiger partial charge in [0, 0.05) is 42.5 Å². The van der Waals surface area contributed by atoms with Gasteiger partial charge in [-0.05, 0) is 26.0 Å². The molecule has 3 N–H and O–H groups in total. The van der Waals surface area contributed by atoms with Crippen LogP contribution in [-0.4, -0.2) is 48.0 Å². The fourth-order valence-corrected chi connectivity index (χ4v) is 3.08. The molecule has 31 heavy (non-hydrogen) atoms. The lowest BCUT2D eigenvalue weighted by atomic mass is 10.1. The first-order chi connectivity index (χ1) is 14.9. The standard InChI is InChI=1S/C21H21FN8O/c1-21(2,12-31)30-11-15(17-4-7-25-20(28-17)24-6-3-5-23)18(29-30)13-8-14-16(22)10-27-19(14)26-9-13/h4,7-11,31H,3,6,12H2,1-2H3,(H,26,27)(H,24,25,28). The number of nitriles is 1. The summed E-state index contributed by atoms with van der Waals surface area (Å²) in [5.41, 5.74) is 2.24. The second-order valence-electron chi connectivity index (χ2n) is 7.66. The Balaban J connectivity index is 1.84. The number of aliphatic hydroxyl groups excluding tert-OH is 1. The van der Waals surface area contributed by atoms with Crippen LogP contribution in [0.25, 0.3) is 33.5 Å². The number of pyridine rings is 1. The van der Waals surface area contributed by atoms with Gasteiger partial charge in [0.2, 0.25) is 5.95 Å². The normalized spacial score (nSPS) is 11.6. The van der Waals surface area contributed by atoms with E-state index in [4.69, 9.17) is 5.26 Å². The molecule has 0 aliphatic rings. The molecule has 0 bridgehead atoms. The average Bonchev–Trinajstić information content (AvgIpc) is 3.39. The van der Waals surface area contributed by atoms with E-state index in [1.54, 1.807) is 35.4 Å². The number of aliphatic hydroxyl groups is 1. The fraction of sp³-hybridized carbons (Fsp3) is 0.286. The number of rotatable bonds is 7. The summed E-state index contributed by atoms with van der Waals surface area (Å²) >= 11 is 0. The number of aromatic nitrogens is 6. The highest BCUT2D eigenvalue weighted by Crippen LogP contribution is 2.33. The van der Waals surface area contributed by atoms with Gasteiger partial charge in [-0.1, -0.05) is 0 Å². The number of halogens is 1. The zero-order chi connectivity index (χ0) is 22.0. The van der Waals surface area contributed by atoms with E-state index in [0.717, 1.165) is 0 Å². The molecule has 4 aromatic heterocycles. The van der Waals surface area contributed by atoms with E-state index in [1.807, 2.05) is 13.8 Å². The quantitative estimate of drug-likeness (QED) is 0.392. The molecule has 0 aliphatic heterocycles. The van der Waals surface area contributed by atoms with Crippen LogP contribution < -0.4 is 5.32 Å². The van der Waals surface area contributed by atoms with Gasteiger partial charge in [0.25, 0.3) is 0 Å². The lowest BCUT2D eigenvalue weighted by molar-refractivity contribution is 0.152. The van der Waals surface area contributed by atoms with E-state index in [1.165, 1.54) is 6.20 Å². The molecule has 0 amide bonds. The molecule has 0 aromatic carbocycles. The van der Waals surface area contributed by atoms with Crippen molar-refractivity contribution in [3.8, 4) is 28.6 Å². The number of aromatic amines is 1. The Labute approximate surface area is 177 Å².